The van der Waals surface area contributed by atoms with Crippen LogP contribution in [0.5, 0.6) is 0 Å². The first-order valence-corrected chi connectivity index (χ1v) is 5.16. The van der Waals surface area contributed by atoms with E-state index in [0.717, 1.165) is 12.8 Å². The Kier molecular flexibility index (Phi) is 2.52. The Morgan fingerprint density at radius 1 is 1.60 bits per heavy atom. The van der Waals surface area contributed by atoms with Crippen molar-refractivity contribution >= 4 is 23.3 Å². The van der Waals surface area contributed by atoms with E-state index < -0.39 is 0 Å². The van der Waals surface area contributed by atoms with Gasteiger partial charge in [0.2, 0.25) is 0 Å². The fourth-order valence-corrected chi connectivity index (χ4v) is 1.59. The van der Waals surface area contributed by atoms with Crippen LogP contribution < -0.4 is 5.73 Å². The van der Waals surface area contributed by atoms with E-state index in [2.05, 4.69) is 4.98 Å². The third-order valence-electron chi connectivity index (χ3n) is 2.49. The molecule has 4 nitrogen and oxygen atoms in total. The van der Waals surface area contributed by atoms with Crippen LogP contribution in [0, 0.1) is 0 Å². The molecule has 1 aliphatic rings. The highest BCUT2D eigenvalue weighted by Gasteiger charge is 2.31. The fourth-order valence-electron chi connectivity index (χ4n) is 1.40. The quantitative estimate of drug-likeness (QED) is 0.831. The molecule has 0 spiro atoms. The highest BCUT2D eigenvalue weighted by molar-refractivity contribution is 6.33. The molecular weight excluding hydrogens is 214 g/mol. The van der Waals surface area contributed by atoms with Crippen molar-refractivity contribution in [3.63, 3.8) is 0 Å². The first-order valence-electron chi connectivity index (χ1n) is 4.79. The summed E-state index contributed by atoms with van der Waals surface area (Å²) in [5, 5.41) is 0.349. The maximum Gasteiger partial charge on any atom is 0.274 e. The van der Waals surface area contributed by atoms with E-state index in [1.807, 2.05) is 0 Å². The van der Waals surface area contributed by atoms with Gasteiger partial charge in [-0.15, -0.1) is 0 Å². The summed E-state index contributed by atoms with van der Waals surface area (Å²) in [7, 11) is 1.77. The standard InChI is InChI=1S/C10H12ClN3O/c1-14(6-2-3-6)10(15)9-7(11)4-5-8(12)13-9/h4-6H,2-3H2,1H3,(H2,12,13). The Balaban J connectivity index is 2.27. The van der Waals surface area contributed by atoms with Crippen LogP contribution in [-0.4, -0.2) is 28.9 Å². The number of aromatic nitrogens is 1. The lowest BCUT2D eigenvalue weighted by Crippen LogP contribution is -2.29. The Hall–Kier alpha value is -1.29. The van der Waals surface area contributed by atoms with Crippen molar-refractivity contribution in [3.05, 3.63) is 22.8 Å². The summed E-state index contributed by atoms with van der Waals surface area (Å²) < 4.78 is 0. The second kappa shape index (κ2) is 3.70. The zero-order chi connectivity index (χ0) is 11.0. The number of nitrogens with two attached hydrogens (primary N) is 1. The minimum absolute atomic E-state index is 0.158. The minimum Gasteiger partial charge on any atom is -0.384 e. The molecule has 0 radical (unpaired) electrons. The number of pyridine rings is 1. The summed E-state index contributed by atoms with van der Waals surface area (Å²) >= 11 is 5.89. The molecule has 2 rings (SSSR count). The second-order valence-electron chi connectivity index (χ2n) is 3.71. The van der Waals surface area contributed by atoms with Crippen molar-refractivity contribution in [2.45, 2.75) is 18.9 Å². The molecule has 1 amide bonds. The first kappa shape index (κ1) is 10.2. The Morgan fingerprint density at radius 2 is 2.27 bits per heavy atom. The summed E-state index contributed by atoms with van der Waals surface area (Å²) in [6, 6.07) is 3.52. The van der Waals surface area contributed by atoms with Crippen molar-refractivity contribution < 1.29 is 4.79 Å². The largest absolute Gasteiger partial charge is 0.384 e. The van der Waals surface area contributed by atoms with E-state index in [9.17, 15) is 4.79 Å². The van der Waals surface area contributed by atoms with Gasteiger partial charge in [-0.05, 0) is 25.0 Å². The predicted octanol–water partition coefficient (Wildman–Crippen LogP) is 1.55. The van der Waals surface area contributed by atoms with Gasteiger partial charge in [-0.1, -0.05) is 11.6 Å². The molecule has 0 unspecified atom stereocenters. The summed E-state index contributed by atoms with van der Waals surface area (Å²) in [5.41, 5.74) is 5.76. The topological polar surface area (TPSA) is 59.2 Å². The third kappa shape index (κ3) is 2.04. The van der Waals surface area contributed by atoms with Crippen LogP contribution in [0.2, 0.25) is 5.02 Å². The lowest BCUT2D eigenvalue weighted by atomic mass is 10.3. The maximum absolute atomic E-state index is 11.9. The smallest absolute Gasteiger partial charge is 0.274 e. The Bertz CT molecular complexity index is 404. The zero-order valence-electron chi connectivity index (χ0n) is 8.40. The first-order chi connectivity index (χ1) is 7.09. The third-order valence-corrected chi connectivity index (χ3v) is 2.79. The van der Waals surface area contributed by atoms with Gasteiger partial charge in [0.1, 0.15) is 11.5 Å². The number of nitrogens with zero attached hydrogens (tertiary/aromatic N) is 2. The average molecular weight is 226 g/mol. The van der Waals surface area contributed by atoms with Crippen molar-refractivity contribution in [3.8, 4) is 0 Å². The SMILES string of the molecule is CN(C(=O)c1nc(N)ccc1Cl)C1CC1. The van der Waals surface area contributed by atoms with E-state index in [1.165, 1.54) is 0 Å². The molecule has 15 heavy (non-hydrogen) atoms. The molecule has 0 atom stereocenters. The lowest BCUT2D eigenvalue weighted by Gasteiger charge is -2.16. The van der Waals surface area contributed by atoms with Crippen molar-refractivity contribution in [2.24, 2.45) is 0 Å². The van der Waals surface area contributed by atoms with Crippen molar-refractivity contribution in [1.29, 1.82) is 0 Å². The van der Waals surface area contributed by atoms with E-state index >= 15 is 0 Å². The Morgan fingerprint density at radius 3 is 2.87 bits per heavy atom. The van der Waals surface area contributed by atoms with Gasteiger partial charge in [0.05, 0.1) is 5.02 Å². The molecule has 1 aromatic heterocycles. The van der Waals surface area contributed by atoms with Crippen LogP contribution in [0.25, 0.3) is 0 Å². The molecule has 1 aliphatic carbocycles. The van der Waals surface area contributed by atoms with Crippen LogP contribution in [-0.2, 0) is 0 Å². The summed E-state index contributed by atoms with van der Waals surface area (Å²) in [4.78, 5) is 17.6. The van der Waals surface area contributed by atoms with Crippen molar-refractivity contribution in [2.75, 3.05) is 12.8 Å². The molecule has 1 heterocycles. The van der Waals surface area contributed by atoms with Gasteiger partial charge < -0.3 is 10.6 Å². The fraction of sp³-hybridized carbons (Fsp3) is 0.400. The number of hydrogen-bond donors (Lipinski definition) is 1. The van der Waals surface area contributed by atoms with Crippen LogP contribution in [0.1, 0.15) is 23.3 Å². The van der Waals surface area contributed by atoms with Gasteiger partial charge in [0, 0.05) is 13.1 Å². The van der Waals surface area contributed by atoms with Crippen LogP contribution in [0.4, 0.5) is 5.82 Å². The van der Waals surface area contributed by atoms with E-state index in [1.54, 1.807) is 24.1 Å². The van der Waals surface area contributed by atoms with E-state index in [4.69, 9.17) is 17.3 Å². The van der Waals surface area contributed by atoms with Gasteiger partial charge in [0.25, 0.3) is 5.91 Å². The highest BCUT2D eigenvalue weighted by atomic mass is 35.5. The minimum atomic E-state index is -0.158. The van der Waals surface area contributed by atoms with Crippen LogP contribution >= 0.6 is 11.6 Å². The predicted molar refractivity (Wildman–Crippen MR) is 58.8 cm³/mol. The van der Waals surface area contributed by atoms with Crippen LogP contribution in [0.3, 0.4) is 0 Å². The number of nitrogen functional groups attached to an aromatic ring is 1. The highest BCUT2D eigenvalue weighted by Crippen LogP contribution is 2.27. The molecular formula is C10H12ClN3O. The molecule has 0 saturated heterocycles. The molecule has 0 aromatic carbocycles. The Labute approximate surface area is 93.0 Å². The summed E-state index contributed by atoms with van der Waals surface area (Å²) in [6.45, 7) is 0. The maximum atomic E-state index is 11.9. The normalized spacial score (nSPS) is 15.1. The number of carbonyl (C=O) groups is 1. The zero-order valence-corrected chi connectivity index (χ0v) is 9.16. The number of anilines is 1. The average Bonchev–Trinajstić information content (AvgIpc) is 3.03. The molecule has 80 valence electrons. The molecule has 1 aromatic rings. The van der Waals surface area contributed by atoms with Crippen molar-refractivity contribution in [1.82, 2.24) is 9.88 Å². The number of hydrogen-bond acceptors (Lipinski definition) is 3. The van der Waals surface area contributed by atoms with E-state index in [-0.39, 0.29) is 11.6 Å². The van der Waals surface area contributed by atoms with Gasteiger partial charge >= 0.3 is 0 Å². The number of halogens is 1. The van der Waals surface area contributed by atoms with Gasteiger partial charge in [-0.2, -0.15) is 0 Å². The van der Waals surface area contributed by atoms with Crippen LogP contribution in [0.15, 0.2) is 12.1 Å². The van der Waals surface area contributed by atoms with Gasteiger partial charge in [0.15, 0.2) is 0 Å². The molecule has 1 fully saturated rings. The number of carbonyl (C=O) groups excluding carboxylic acids is 1. The summed E-state index contributed by atoms with van der Waals surface area (Å²) in [6.07, 6.45) is 2.12. The lowest BCUT2D eigenvalue weighted by molar-refractivity contribution is 0.0779. The van der Waals surface area contributed by atoms with Gasteiger partial charge in [-0.3, -0.25) is 4.79 Å². The molecule has 0 aliphatic heterocycles. The second-order valence-corrected chi connectivity index (χ2v) is 4.12. The molecule has 0 bridgehead atoms. The van der Waals surface area contributed by atoms with E-state index in [0.29, 0.717) is 16.9 Å². The molecule has 5 heteroatoms. The monoisotopic (exact) mass is 225 g/mol. The molecule has 2 N–H and O–H groups in total. The number of rotatable bonds is 2. The molecule has 1 saturated carbocycles. The summed E-state index contributed by atoms with van der Waals surface area (Å²) in [5.74, 6) is 0.154. The van der Waals surface area contributed by atoms with Gasteiger partial charge in [-0.25, -0.2) is 4.98 Å². The number of amides is 1.